The first-order chi connectivity index (χ1) is 11.1. The highest BCUT2D eigenvalue weighted by atomic mass is 32.2. The van der Waals surface area contributed by atoms with Gasteiger partial charge >= 0.3 is 0 Å². The van der Waals surface area contributed by atoms with Crippen LogP contribution in [0.1, 0.15) is 29.8 Å². The highest BCUT2D eigenvalue weighted by Gasteiger charge is 2.37. The van der Waals surface area contributed by atoms with Crippen molar-refractivity contribution in [1.29, 1.82) is 0 Å². The van der Waals surface area contributed by atoms with Crippen LogP contribution >= 0.6 is 11.8 Å². The van der Waals surface area contributed by atoms with Crippen LogP contribution in [0.2, 0.25) is 0 Å². The average molecular weight is 336 g/mol. The van der Waals surface area contributed by atoms with E-state index in [1.165, 1.54) is 0 Å². The Balaban J connectivity index is 2.23. The number of methoxy groups -OCH3 is 1. The number of nitrogens with zero attached hydrogens (tertiary/aromatic N) is 2. The Morgan fingerprint density at radius 1 is 1.30 bits per heavy atom. The summed E-state index contributed by atoms with van der Waals surface area (Å²) < 4.78 is 5.18. The van der Waals surface area contributed by atoms with Gasteiger partial charge in [-0.1, -0.05) is 18.2 Å². The summed E-state index contributed by atoms with van der Waals surface area (Å²) in [6.07, 6.45) is 0. The van der Waals surface area contributed by atoms with Crippen molar-refractivity contribution in [3.63, 3.8) is 0 Å². The van der Waals surface area contributed by atoms with E-state index in [0.29, 0.717) is 36.9 Å². The summed E-state index contributed by atoms with van der Waals surface area (Å²) in [4.78, 5) is 29.1. The third-order valence-corrected chi connectivity index (χ3v) is 5.06. The van der Waals surface area contributed by atoms with Crippen molar-refractivity contribution in [3.8, 4) is 0 Å². The van der Waals surface area contributed by atoms with Gasteiger partial charge in [0.25, 0.3) is 5.91 Å². The van der Waals surface area contributed by atoms with Crippen molar-refractivity contribution in [1.82, 2.24) is 9.80 Å². The van der Waals surface area contributed by atoms with Crippen LogP contribution in [-0.4, -0.2) is 59.5 Å². The van der Waals surface area contributed by atoms with Crippen LogP contribution in [0.4, 0.5) is 0 Å². The summed E-state index contributed by atoms with van der Waals surface area (Å²) in [7, 11) is 1.61. The summed E-state index contributed by atoms with van der Waals surface area (Å²) in [6, 6.07) is 7.06. The van der Waals surface area contributed by atoms with E-state index in [2.05, 4.69) is 0 Å². The van der Waals surface area contributed by atoms with E-state index in [-0.39, 0.29) is 17.9 Å². The number of ether oxygens (including phenoxy) is 1. The molecule has 0 bridgehead atoms. The maximum Gasteiger partial charge on any atom is 0.255 e. The predicted molar refractivity (Wildman–Crippen MR) is 92.4 cm³/mol. The molecule has 0 saturated carbocycles. The SMILES string of the molecule is CCN(CC)C(=O)[C@H]1CSCN1C(=O)c1ccccc1COC. The summed E-state index contributed by atoms with van der Waals surface area (Å²) in [5.41, 5.74) is 1.47. The van der Waals surface area contributed by atoms with Gasteiger partial charge in [-0.3, -0.25) is 9.59 Å². The van der Waals surface area contributed by atoms with E-state index in [1.54, 1.807) is 34.7 Å². The number of likely N-dealkylation sites (N-methyl/N-ethyl adjacent to an activating group) is 1. The van der Waals surface area contributed by atoms with Crippen LogP contribution in [0.5, 0.6) is 0 Å². The first-order valence-electron chi connectivity index (χ1n) is 7.88. The van der Waals surface area contributed by atoms with Gasteiger partial charge in [-0.25, -0.2) is 0 Å². The topological polar surface area (TPSA) is 49.9 Å². The second-order valence-corrected chi connectivity index (χ2v) is 6.39. The minimum Gasteiger partial charge on any atom is -0.380 e. The molecular formula is C17H24N2O3S. The molecule has 1 atom stereocenters. The van der Waals surface area contributed by atoms with E-state index in [9.17, 15) is 9.59 Å². The summed E-state index contributed by atoms with van der Waals surface area (Å²) in [5, 5.41) is 0. The maximum atomic E-state index is 12.9. The van der Waals surface area contributed by atoms with Crippen molar-refractivity contribution < 1.29 is 14.3 Å². The highest BCUT2D eigenvalue weighted by Crippen LogP contribution is 2.26. The summed E-state index contributed by atoms with van der Waals surface area (Å²) in [6.45, 7) is 5.64. The minimum absolute atomic E-state index is 0.0394. The second-order valence-electron chi connectivity index (χ2n) is 5.39. The van der Waals surface area contributed by atoms with E-state index in [4.69, 9.17) is 4.74 Å². The van der Waals surface area contributed by atoms with Gasteiger partial charge in [0.05, 0.1) is 12.5 Å². The van der Waals surface area contributed by atoms with E-state index in [1.807, 2.05) is 32.0 Å². The normalized spacial score (nSPS) is 17.3. The number of carbonyl (C=O) groups excluding carboxylic acids is 2. The molecule has 2 rings (SSSR count). The quantitative estimate of drug-likeness (QED) is 0.799. The molecule has 1 fully saturated rings. The van der Waals surface area contributed by atoms with Crippen molar-refractivity contribution in [2.24, 2.45) is 0 Å². The molecule has 1 aromatic rings. The van der Waals surface area contributed by atoms with Crippen molar-refractivity contribution >= 4 is 23.6 Å². The lowest BCUT2D eigenvalue weighted by Crippen LogP contribution is -2.49. The number of hydrogen-bond donors (Lipinski definition) is 0. The van der Waals surface area contributed by atoms with Gasteiger partial charge in [-0.05, 0) is 25.5 Å². The molecule has 6 heteroatoms. The molecule has 0 spiro atoms. The molecule has 0 radical (unpaired) electrons. The van der Waals surface area contributed by atoms with Crippen LogP contribution in [0.15, 0.2) is 24.3 Å². The van der Waals surface area contributed by atoms with Crippen molar-refractivity contribution in [2.75, 3.05) is 31.8 Å². The van der Waals surface area contributed by atoms with Crippen molar-refractivity contribution in [2.45, 2.75) is 26.5 Å². The fraction of sp³-hybridized carbons (Fsp3) is 0.529. The van der Waals surface area contributed by atoms with Gasteiger partial charge in [0.1, 0.15) is 6.04 Å². The van der Waals surface area contributed by atoms with E-state index >= 15 is 0 Å². The zero-order chi connectivity index (χ0) is 16.8. The Morgan fingerprint density at radius 3 is 2.65 bits per heavy atom. The molecule has 1 aromatic carbocycles. The fourth-order valence-electron chi connectivity index (χ4n) is 2.76. The number of benzene rings is 1. The zero-order valence-corrected chi connectivity index (χ0v) is 14.8. The third-order valence-electron chi connectivity index (χ3n) is 4.05. The first-order valence-corrected chi connectivity index (χ1v) is 9.03. The molecule has 23 heavy (non-hydrogen) atoms. The molecule has 1 heterocycles. The van der Waals surface area contributed by atoms with Crippen LogP contribution in [0.25, 0.3) is 0 Å². The van der Waals surface area contributed by atoms with Crippen LogP contribution < -0.4 is 0 Å². The lowest BCUT2D eigenvalue weighted by atomic mass is 10.1. The fourth-order valence-corrected chi connectivity index (χ4v) is 3.90. The molecule has 126 valence electrons. The smallest absolute Gasteiger partial charge is 0.255 e. The third kappa shape index (κ3) is 3.87. The Morgan fingerprint density at radius 2 is 2.00 bits per heavy atom. The van der Waals surface area contributed by atoms with Gasteiger partial charge < -0.3 is 14.5 Å². The first kappa shape index (κ1) is 17.8. The number of rotatable bonds is 6. The Bertz CT molecular complexity index is 561. The standard InChI is InChI=1S/C17H24N2O3S/c1-4-18(5-2)17(21)15-11-23-12-19(15)16(20)14-9-7-6-8-13(14)10-22-3/h6-9,15H,4-5,10-12H2,1-3H3/t15-/m1/s1. The number of hydrogen-bond acceptors (Lipinski definition) is 4. The largest absolute Gasteiger partial charge is 0.380 e. The molecule has 1 saturated heterocycles. The summed E-state index contributed by atoms with van der Waals surface area (Å²) >= 11 is 1.63. The Labute approximate surface area is 142 Å². The van der Waals surface area contributed by atoms with Gasteiger partial charge in [-0.15, -0.1) is 11.8 Å². The predicted octanol–water partition coefficient (Wildman–Crippen LogP) is 2.22. The van der Waals surface area contributed by atoms with Gasteiger partial charge in [0.15, 0.2) is 0 Å². The molecule has 2 amide bonds. The number of thioether (sulfide) groups is 1. The molecule has 1 aliphatic heterocycles. The molecule has 5 nitrogen and oxygen atoms in total. The van der Waals surface area contributed by atoms with Crippen molar-refractivity contribution in [3.05, 3.63) is 35.4 Å². The second kappa shape index (κ2) is 8.36. The molecule has 0 unspecified atom stereocenters. The zero-order valence-electron chi connectivity index (χ0n) is 13.9. The molecule has 1 aliphatic rings. The lowest BCUT2D eigenvalue weighted by Gasteiger charge is -2.28. The van der Waals surface area contributed by atoms with E-state index in [0.717, 1.165) is 5.56 Å². The maximum absolute atomic E-state index is 12.9. The molecular weight excluding hydrogens is 312 g/mol. The number of carbonyl (C=O) groups is 2. The summed E-state index contributed by atoms with van der Waals surface area (Å²) in [5.74, 6) is 1.16. The van der Waals surface area contributed by atoms with Crippen LogP contribution in [-0.2, 0) is 16.1 Å². The Kier molecular flexibility index (Phi) is 6.47. The molecule has 0 N–H and O–H groups in total. The Hall–Kier alpha value is -1.53. The average Bonchev–Trinajstić information content (AvgIpc) is 3.05. The monoisotopic (exact) mass is 336 g/mol. The minimum atomic E-state index is -0.372. The molecule has 0 aliphatic carbocycles. The van der Waals surface area contributed by atoms with E-state index < -0.39 is 0 Å². The highest BCUT2D eigenvalue weighted by molar-refractivity contribution is 7.99. The van der Waals surface area contributed by atoms with Gasteiger partial charge in [-0.2, -0.15) is 0 Å². The van der Waals surface area contributed by atoms with Gasteiger partial charge in [0, 0.05) is 31.5 Å². The number of amides is 2. The molecule has 0 aromatic heterocycles. The van der Waals surface area contributed by atoms with Crippen LogP contribution in [0, 0.1) is 0 Å². The van der Waals surface area contributed by atoms with Gasteiger partial charge in [0.2, 0.25) is 5.91 Å². The van der Waals surface area contributed by atoms with Crippen LogP contribution in [0.3, 0.4) is 0 Å². The lowest BCUT2D eigenvalue weighted by molar-refractivity contribution is -0.134.